The third-order valence-corrected chi connectivity index (χ3v) is 4.03. The molecule has 3 N–H and O–H groups in total. The summed E-state index contributed by atoms with van der Waals surface area (Å²) in [5, 5.41) is 9.51. The standard InChI is InChI=1S/C16H19N5O4S/c1-2-3-8-25-12-6-4-11(5-7-12)9-17-19-13(22)10-26-15-14(23)18-16(24)21-20-15/h4-7,9H,2-3,8,10H2,1H3,(H,19,22)(H2,18,21,23,24)/b17-9-. The van der Waals surface area contributed by atoms with E-state index in [1.54, 1.807) is 0 Å². The van der Waals surface area contributed by atoms with Gasteiger partial charge in [0.15, 0.2) is 5.03 Å². The normalized spacial score (nSPS) is 10.8. The lowest BCUT2D eigenvalue weighted by Crippen LogP contribution is -2.26. The number of H-pyrrole nitrogens is 2. The molecule has 0 aliphatic carbocycles. The molecule has 0 aliphatic heterocycles. The fraction of sp³-hybridized carbons (Fsp3) is 0.312. The Morgan fingerprint density at radius 1 is 1.35 bits per heavy atom. The molecule has 1 aromatic carbocycles. The molecule has 0 atom stereocenters. The van der Waals surface area contributed by atoms with E-state index in [0.717, 1.165) is 35.9 Å². The smallest absolute Gasteiger partial charge is 0.342 e. The van der Waals surface area contributed by atoms with E-state index in [0.29, 0.717) is 6.61 Å². The Bertz CT molecular complexity index is 860. The van der Waals surface area contributed by atoms with E-state index in [1.165, 1.54) is 6.21 Å². The minimum absolute atomic E-state index is 0.00221. The van der Waals surface area contributed by atoms with Crippen LogP contribution < -0.4 is 21.4 Å². The van der Waals surface area contributed by atoms with Crippen LogP contribution in [0.3, 0.4) is 0 Å². The maximum atomic E-state index is 11.7. The summed E-state index contributed by atoms with van der Waals surface area (Å²) in [6, 6.07) is 7.33. The predicted molar refractivity (Wildman–Crippen MR) is 98.8 cm³/mol. The number of amides is 1. The molecule has 26 heavy (non-hydrogen) atoms. The van der Waals surface area contributed by atoms with E-state index in [1.807, 2.05) is 29.2 Å². The first kappa shape index (κ1) is 19.4. The summed E-state index contributed by atoms with van der Waals surface area (Å²) in [4.78, 5) is 36.0. The van der Waals surface area contributed by atoms with Crippen LogP contribution in [0.25, 0.3) is 0 Å². The Kier molecular flexibility index (Phi) is 7.62. The molecule has 138 valence electrons. The molecule has 2 rings (SSSR count). The Hall–Kier alpha value is -2.88. The number of carbonyl (C=O) groups is 1. The molecule has 1 amide bonds. The van der Waals surface area contributed by atoms with Gasteiger partial charge in [0.2, 0.25) is 5.91 Å². The summed E-state index contributed by atoms with van der Waals surface area (Å²) in [6.45, 7) is 2.79. The molecule has 0 saturated carbocycles. The van der Waals surface area contributed by atoms with Crippen LogP contribution in [0.1, 0.15) is 25.3 Å². The molecule has 1 aromatic heterocycles. The Balaban J connectivity index is 1.77. The van der Waals surface area contributed by atoms with Gasteiger partial charge in [0, 0.05) is 0 Å². The van der Waals surface area contributed by atoms with Gasteiger partial charge in [-0.15, -0.1) is 0 Å². The van der Waals surface area contributed by atoms with Crippen molar-refractivity contribution in [1.82, 2.24) is 20.6 Å². The van der Waals surface area contributed by atoms with Gasteiger partial charge in [-0.1, -0.05) is 25.1 Å². The van der Waals surface area contributed by atoms with E-state index < -0.39 is 17.2 Å². The van der Waals surface area contributed by atoms with Crippen LogP contribution in [0.15, 0.2) is 44.0 Å². The second-order valence-electron chi connectivity index (χ2n) is 5.16. The number of ether oxygens (including phenoxy) is 1. The first-order chi connectivity index (χ1) is 12.6. The summed E-state index contributed by atoms with van der Waals surface area (Å²) in [5.74, 6) is 0.316. The van der Waals surface area contributed by atoms with Gasteiger partial charge in [0.25, 0.3) is 5.56 Å². The zero-order valence-corrected chi connectivity index (χ0v) is 15.0. The van der Waals surface area contributed by atoms with Crippen LogP contribution in [-0.4, -0.2) is 39.7 Å². The zero-order valence-electron chi connectivity index (χ0n) is 14.2. The van der Waals surface area contributed by atoms with Crippen LogP contribution in [0.2, 0.25) is 0 Å². The van der Waals surface area contributed by atoms with Gasteiger partial charge in [0.05, 0.1) is 18.6 Å². The van der Waals surface area contributed by atoms with Crippen LogP contribution in [-0.2, 0) is 4.79 Å². The second kappa shape index (κ2) is 10.2. The molecule has 0 radical (unpaired) electrons. The largest absolute Gasteiger partial charge is 0.494 e. The average molecular weight is 377 g/mol. The van der Waals surface area contributed by atoms with Gasteiger partial charge in [-0.2, -0.15) is 10.2 Å². The van der Waals surface area contributed by atoms with Gasteiger partial charge in [-0.25, -0.2) is 15.3 Å². The average Bonchev–Trinajstić information content (AvgIpc) is 2.62. The number of rotatable bonds is 9. The minimum Gasteiger partial charge on any atom is -0.494 e. The number of thioether (sulfide) groups is 1. The summed E-state index contributed by atoms with van der Waals surface area (Å²) >= 11 is 0.894. The fourth-order valence-electron chi connectivity index (χ4n) is 1.76. The highest BCUT2D eigenvalue weighted by atomic mass is 32.2. The summed E-state index contributed by atoms with van der Waals surface area (Å²) in [7, 11) is 0. The monoisotopic (exact) mass is 377 g/mol. The van der Waals surface area contributed by atoms with Crippen molar-refractivity contribution in [3.8, 4) is 5.75 Å². The van der Waals surface area contributed by atoms with Crippen molar-refractivity contribution < 1.29 is 9.53 Å². The second-order valence-corrected chi connectivity index (χ2v) is 6.13. The molecule has 0 fully saturated rings. The predicted octanol–water partition coefficient (Wildman–Crippen LogP) is 0.879. The number of nitrogens with zero attached hydrogens (tertiary/aromatic N) is 2. The number of aromatic nitrogens is 3. The highest BCUT2D eigenvalue weighted by molar-refractivity contribution is 7.99. The van der Waals surface area contributed by atoms with Crippen molar-refractivity contribution in [2.24, 2.45) is 5.10 Å². The number of hydrogen-bond donors (Lipinski definition) is 3. The van der Waals surface area contributed by atoms with Gasteiger partial charge >= 0.3 is 5.69 Å². The third-order valence-electron chi connectivity index (χ3n) is 3.07. The van der Waals surface area contributed by atoms with Crippen molar-refractivity contribution in [2.45, 2.75) is 24.8 Å². The number of unbranched alkanes of at least 4 members (excludes halogenated alkanes) is 1. The van der Waals surface area contributed by atoms with E-state index in [2.05, 4.69) is 27.6 Å². The first-order valence-corrected chi connectivity index (χ1v) is 8.93. The lowest BCUT2D eigenvalue weighted by Gasteiger charge is -2.04. The Morgan fingerprint density at radius 2 is 2.12 bits per heavy atom. The molecule has 1 heterocycles. The van der Waals surface area contributed by atoms with Crippen LogP contribution in [0, 0.1) is 0 Å². The Labute approximate surface area is 153 Å². The number of nitrogens with one attached hydrogen (secondary N) is 3. The molecular weight excluding hydrogens is 358 g/mol. The van der Waals surface area contributed by atoms with E-state index in [-0.39, 0.29) is 10.8 Å². The highest BCUT2D eigenvalue weighted by Gasteiger charge is 2.07. The van der Waals surface area contributed by atoms with Gasteiger partial charge in [0.1, 0.15) is 5.75 Å². The molecule has 0 bridgehead atoms. The number of hydrogen-bond acceptors (Lipinski definition) is 7. The number of benzene rings is 1. The number of aromatic amines is 2. The number of carbonyl (C=O) groups excluding carboxylic acids is 1. The molecule has 0 spiro atoms. The lowest BCUT2D eigenvalue weighted by molar-refractivity contribution is -0.118. The summed E-state index contributed by atoms with van der Waals surface area (Å²) in [5.41, 5.74) is 1.82. The quantitative estimate of drug-likeness (QED) is 0.257. The molecule has 0 aliphatic rings. The highest BCUT2D eigenvalue weighted by Crippen LogP contribution is 2.11. The topological polar surface area (TPSA) is 129 Å². The molecule has 0 saturated heterocycles. The Morgan fingerprint density at radius 3 is 2.81 bits per heavy atom. The lowest BCUT2D eigenvalue weighted by atomic mass is 10.2. The molecule has 10 heteroatoms. The third kappa shape index (κ3) is 6.55. The molecule has 0 unspecified atom stereocenters. The minimum atomic E-state index is -0.699. The van der Waals surface area contributed by atoms with Crippen molar-refractivity contribution in [3.05, 3.63) is 50.7 Å². The van der Waals surface area contributed by atoms with Gasteiger partial charge < -0.3 is 4.74 Å². The van der Waals surface area contributed by atoms with Crippen molar-refractivity contribution >= 4 is 23.9 Å². The van der Waals surface area contributed by atoms with E-state index in [4.69, 9.17) is 4.74 Å². The summed E-state index contributed by atoms with van der Waals surface area (Å²) < 4.78 is 5.56. The SMILES string of the molecule is CCCCOc1ccc(/C=N\NC(=O)CSc2n[nH]c(=O)[nH]c2=O)cc1. The van der Waals surface area contributed by atoms with Crippen LogP contribution in [0.5, 0.6) is 5.75 Å². The molecule has 2 aromatic rings. The first-order valence-electron chi connectivity index (χ1n) is 7.95. The van der Waals surface area contributed by atoms with E-state index in [9.17, 15) is 14.4 Å². The van der Waals surface area contributed by atoms with Crippen molar-refractivity contribution in [2.75, 3.05) is 12.4 Å². The summed E-state index contributed by atoms with van der Waals surface area (Å²) in [6.07, 6.45) is 3.59. The van der Waals surface area contributed by atoms with Gasteiger partial charge in [-0.3, -0.25) is 14.6 Å². The number of hydrazone groups is 1. The van der Waals surface area contributed by atoms with E-state index >= 15 is 0 Å². The zero-order chi connectivity index (χ0) is 18.8. The van der Waals surface area contributed by atoms with Crippen LogP contribution >= 0.6 is 11.8 Å². The molecular formula is C16H19N5O4S. The fourth-order valence-corrected chi connectivity index (χ4v) is 2.39. The molecule has 9 nitrogen and oxygen atoms in total. The van der Waals surface area contributed by atoms with Gasteiger partial charge in [-0.05, 0) is 36.2 Å². The maximum absolute atomic E-state index is 11.7. The maximum Gasteiger partial charge on any atom is 0.342 e. The van der Waals surface area contributed by atoms with Crippen molar-refractivity contribution in [3.63, 3.8) is 0 Å². The van der Waals surface area contributed by atoms with Crippen molar-refractivity contribution in [1.29, 1.82) is 0 Å². The van der Waals surface area contributed by atoms with Crippen LogP contribution in [0.4, 0.5) is 0 Å².